The van der Waals surface area contributed by atoms with Crippen molar-refractivity contribution in [3.8, 4) is 22.6 Å². The summed E-state index contributed by atoms with van der Waals surface area (Å²) in [5, 5.41) is 6.96. The lowest BCUT2D eigenvalue weighted by molar-refractivity contribution is 0.621. The molecule has 0 atom stereocenters. The topological polar surface area (TPSA) is 41.6 Å². The Morgan fingerprint density at radius 2 is 1.58 bits per heavy atom. The largest absolute Gasteiger partial charge is 0.277 e. The number of aromatic nitrogens is 3. The number of aromatic amines is 1. The molecule has 3 aromatic rings. The standard InChI is InChI=1S/C14H9F2N3/c15-10-3-1-9(2-4-10)13-7-14(19-18-13)12-6-5-11(16)8-17-12/h1-8H,(H,18,19). The molecule has 0 fully saturated rings. The van der Waals surface area contributed by atoms with E-state index >= 15 is 0 Å². The van der Waals surface area contributed by atoms with Crippen molar-refractivity contribution in [2.24, 2.45) is 0 Å². The molecule has 0 aliphatic carbocycles. The van der Waals surface area contributed by atoms with Gasteiger partial charge in [0.05, 0.1) is 17.6 Å². The molecule has 5 heteroatoms. The van der Waals surface area contributed by atoms with Crippen LogP contribution in [-0.4, -0.2) is 15.2 Å². The van der Waals surface area contributed by atoms with Crippen LogP contribution in [0.1, 0.15) is 0 Å². The number of pyridine rings is 1. The van der Waals surface area contributed by atoms with Crippen LogP contribution in [0.3, 0.4) is 0 Å². The number of hydrogen-bond donors (Lipinski definition) is 1. The zero-order chi connectivity index (χ0) is 13.2. The molecule has 1 aromatic carbocycles. The van der Waals surface area contributed by atoms with Crippen molar-refractivity contribution in [3.63, 3.8) is 0 Å². The maximum absolute atomic E-state index is 12.8. The Hall–Kier alpha value is -2.56. The molecule has 2 aromatic heterocycles. The highest BCUT2D eigenvalue weighted by Gasteiger charge is 2.07. The average Bonchev–Trinajstić information content (AvgIpc) is 2.90. The molecular formula is C14H9F2N3. The molecule has 0 radical (unpaired) electrons. The van der Waals surface area contributed by atoms with E-state index in [9.17, 15) is 8.78 Å². The Morgan fingerprint density at radius 3 is 2.26 bits per heavy atom. The summed E-state index contributed by atoms with van der Waals surface area (Å²) in [5.74, 6) is -0.679. The van der Waals surface area contributed by atoms with Crippen molar-refractivity contribution in [1.29, 1.82) is 0 Å². The van der Waals surface area contributed by atoms with Crippen LogP contribution in [0.2, 0.25) is 0 Å². The molecule has 0 spiro atoms. The third kappa shape index (κ3) is 2.35. The van der Waals surface area contributed by atoms with Gasteiger partial charge < -0.3 is 0 Å². The second-order valence-corrected chi connectivity index (χ2v) is 4.04. The van der Waals surface area contributed by atoms with Crippen molar-refractivity contribution >= 4 is 0 Å². The molecule has 0 unspecified atom stereocenters. The minimum absolute atomic E-state index is 0.288. The van der Waals surface area contributed by atoms with Crippen LogP contribution in [0.15, 0.2) is 48.7 Å². The molecule has 1 N–H and O–H groups in total. The third-order valence-electron chi connectivity index (χ3n) is 2.72. The number of halogens is 2. The highest BCUT2D eigenvalue weighted by atomic mass is 19.1. The van der Waals surface area contributed by atoms with Gasteiger partial charge in [0.2, 0.25) is 0 Å². The Labute approximate surface area is 107 Å². The molecular weight excluding hydrogens is 248 g/mol. The number of H-pyrrole nitrogens is 1. The summed E-state index contributed by atoms with van der Waals surface area (Å²) in [7, 11) is 0. The molecule has 0 amide bonds. The van der Waals surface area contributed by atoms with E-state index in [2.05, 4.69) is 15.2 Å². The van der Waals surface area contributed by atoms with Gasteiger partial charge in [0.1, 0.15) is 17.3 Å². The van der Waals surface area contributed by atoms with E-state index < -0.39 is 5.82 Å². The first-order valence-electron chi connectivity index (χ1n) is 5.66. The lowest BCUT2D eigenvalue weighted by atomic mass is 10.1. The zero-order valence-electron chi connectivity index (χ0n) is 9.77. The Morgan fingerprint density at radius 1 is 0.842 bits per heavy atom. The van der Waals surface area contributed by atoms with E-state index in [0.29, 0.717) is 11.4 Å². The first-order valence-corrected chi connectivity index (χ1v) is 5.66. The monoisotopic (exact) mass is 257 g/mol. The second-order valence-electron chi connectivity index (χ2n) is 4.04. The molecule has 3 nitrogen and oxygen atoms in total. The van der Waals surface area contributed by atoms with Gasteiger partial charge in [-0.3, -0.25) is 10.1 Å². The van der Waals surface area contributed by atoms with Crippen molar-refractivity contribution < 1.29 is 8.78 Å². The summed E-state index contributed by atoms with van der Waals surface area (Å²) in [6.07, 6.45) is 1.14. The van der Waals surface area contributed by atoms with Gasteiger partial charge in [-0.05, 0) is 48.0 Å². The summed E-state index contributed by atoms with van der Waals surface area (Å²) in [5.41, 5.74) is 2.76. The number of benzene rings is 1. The molecule has 3 rings (SSSR count). The first-order chi connectivity index (χ1) is 9.22. The van der Waals surface area contributed by atoms with Crippen molar-refractivity contribution in [1.82, 2.24) is 15.2 Å². The van der Waals surface area contributed by atoms with Crippen LogP contribution >= 0.6 is 0 Å². The van der Waals surface area contributed by atoms with E-state index in [4.69, 9.17) is 0 Å². The van der Waals surface area contributed by atoms with Gasteiger partial charge in [-0.2, -0.15) is 5.10 Å². The minimum atomic E-state index is -0.391. The average molecular weight is 257 g/mol. The fourth-order valence-electron chi connectivity index (χ4n) is 1.76. The van der Waals surface area contributed by atoms with Gasteiger partial charge in [0.25, 0.3) is 0 Å². The maximum Gasteiger partial charge on any atom is 0.141 e. The molecule has 0 aliphatic heterocycles. The summed E-state index contributed by atoms with van der Waals surface area (Å²) in [4.78, 5) is 3.95. The van der Waals surface area contributed by atoms with Gasteiger partial charge in [0, 0.05) is 0 Å². The van der Waals surface area contributed by atoms with Crippen molar-refractivity contribution in [3.05, 3.63) is 60.3 Å². The fraction of sp³-hybridized carbons (Fsp3) is 0. The molecule has 0 bridgehead atoms. The molecule has 94 valence electrons. The number of hydrogen-bond acceptors (Lipinski definition) is 2. The van der Waals surface area contributed by atoms with E-state index in [0.717, 1.165) is 17.5 Å². The first kappa shape index (κ1) is 11.5. The lowest BCUT2D eigenvalue weighted by Gasteiger charge is -1.96. The van der Waals surface area contributed by atoms with Gasteiger partial charge in [-0.25, -0.2) is 8.78 Å². The van der Waals surface area contributed by atoms with Crippen molar-refractivity contribution in [2.75, 3.05) is 0 Å². The lowest BCUT2D eigenvalue weighted by Crippen LogP contribution is -1.84. The highest BCUT2D eigenvalue weighted by molar-refractivity contribution is 5.66. The zero-order valence-corrected chi connectivity index (χ0v) is 9.77. The Kier molecular flexibility index (Phi) is 2.79. The molecule has 19 heavy (non-hydrogen) atoms. The minimum Gasteiger partial charge on any atom is -0.277 e. The Bertz CT molecular complexity index is 627. The van der Waals surface area contributed by atoms with Crippen LogP contribution in [0, 0.1) is 11.6 Å². The van der Waals surface area contributed by atoms with Gasteiger partial charge in [-0.1, -0.05) is 0 Å². The van der Waals surface area contributed by atoms with Crippen LogP contribution in [0.4, 0.5) is 8.78 Å². The summed E-state index contributed by atoms with van der Waals surface area (Å²) in [6.45, 7) is 0. The van der Waals surface area contributed by atoms with E-state index in [-0.39, 0.29) is 5.82 Å². The van der Waals surface area contributed by atoms with Gasteiger partial charge >= 0.3 is 0 Å². The summed E-state index contributed by atoms with van der Waals surface area (Å²) >= 11 is 0. The molecule has 2 heterocycles. The van der Waals surface area contributed by atoms with Crippen LogP contribution in [0.25, 0.3) is 22.6 Å². The van der Waals surface area contributed by atoms with Crippen LogP contribution in [0.5, 0.6) is 0 Å². The molecule has 0 saturated carbocycles. The summed E-state index contributed by atoms with van der Waals surface area (Å²) in [6, 6.07) is 10.7. The van der Waals surface area contributed by atoms with Crippen molar-refractivity contribution in [2.45, 2.75) is 0 Å². The quantitative estimate of drug-likeness (QED) is 0.764. The number of nitrogens with zero attached hydrogens (tertiary/aromatic N) is 2. The third-order valence-corrected chi connectivity index (χ3v) is 2.72. The van der Waals surface area contributed by atoms with E-state index in [1.807, 2.05) is 0 Å². The normalized spacial score (nSPS) is 10.6. The van der Waals surface area contributed by atoms with E-state index in [1.54, 1.807) is 24.3 Å². The predicted molar refractivity (Wildman–Crippen MR) is 67.2 cm³/mol. The van der Waals surface area contributed by atoms with E-state index in [1.165, 1.54) is 18.2 Å². The smallest absolute Gasteiger partial charge is 0.141 e. The Balaban J connectivity index is 1.95. The van der Waals surface area contributed by atoms with Crippen LogP contribution < -0.4 is 0 Å². The molecule has 0 saturated heterocycles. The highest BCUT2D eigenvalue weighted by Crippen LogP contribution is 2.22. The second kappa shape index (κ2) is 4.61. The maximum atomic E-state index is 12.8. The SMILES string of the molecule is Fc1ccc(-c2cc(-c3ccc(F)cn3)n[nH]2)cc1. The van der Waals surface area contributed by atoms with Gasteiger partial charge in [-0.15, -0.1) is 0 Å². The number of rotatable bonds is 2. The van der Waals surface area contributed by atoms with Gasteiger partial charge in [0.15, 0.2) is 0 Å². The fourth-order valence-corrected chi connectivity index (χ4v) is 1.76. The predicted octanol–water partition coefficient (Wildman–Crippen LogP) is 3.42. The number of nitrogens with one attached hydrogen (secondary N) is 1. The summed E-state index contributed by atoms with van der Waals surface area (Å²) < 4.78 is 25.6. The molecule has 0 aliphatic rings. The van der Waals surface area contributed by atoms with Crippen LogP contribution in [-0.2, 0) is 0 Å².